The molecule has 0 bridgehead atoms. The van der Waals surface area contributed by atoms with E-state index in [1.807, 2.05) is 49.4 Å². The summed E-state index contributed by atoms with van der Waals surface area (Å²) >= 11 is 0. The Morgan fingerprint density at radius 1 is 0.667 bits per heavy atom. The minimum atomic E-state index is -0.708. The number of nitrogens with zero attached hydrogens (tertiary/aromatic N) is 1. The number of primary amides is 2. The molecular weight excluding hydrogens is 721 g/mol. The van der Waals surface area contributed by atoms with Crippen LogP contribution < -0.4 is 27.8 Å². The van der Waals surface area contributed by atoms with Crippen LogP contribution >= 0.6 is 0 Å². The molecule has 3 aromatic rings. The average molecular weight is 781 g/mol. The number of amides is 4. The number of hydrogen-bond acceptors (Lipinski definition) is 8. The van der Waals surface area contributed by atoms with Crippen molar-refractivity contribution in [1.82, 2.24) is 15.6 Å². The zero-order valence-corrected chi connectivity index (χ0v) is 33.4. The molecule has 5 rings (SSSR count). The first-order valence-corrected chi connectivity index (χ1v) is 20.3. The predicted molar refractivity (Wildman–Crippen MR) is 220 cm³/mol. The number of aryl methyl sites for hydroxylation is 2. The van der Waals surface area contributed by atoms with Crippen molar-refractivity contribution in [3.05, 3.63) is 95.2 Å². The Morgan fingerprint density at radius 2 is 1.14 bits per heavy atom. The number of anilines is 1. The number of benzene rings is 2. The standard InChI is InChI=1S/C26H34N4O3.C19H26N2O3/c1-17-20(10-13-24(27)29-17)9-12-23(31)22(11-14-25(28)32)30-26(33)21-8-7-19(16-21)15-18-5-3-2-4-6-18;1-13(22)17(9-10-18(20)23)21-19(24)16-8-7-15(12-16)11-14-5-3-2-4-6-14/h2-6,10,13,19,21-22H,7-9,11-12,14-16H2,1H3,(H2,27,29)(H2,28,32)(H,30,33);2-6,15-17H,7-12H2,1H3,(H2,20,23)(H,21,24)/t19-,21+,22-;15-,16+,17-/m00/s1. The fourth-order valence-electron chi connectivity index (χ4n) is 8.04. The lowest BCUT2D eigenvalue weighted by molar-refractivity contribution is -0.130. The van der Waals surface area contributed by atoms with Crippen molar-refractivity contribution in [1.29, 1.82) is 0 Å². The van der Waals surface area contributed by atoms with E-state index in [0.717, 1.165) is 62.6 Å². The summed E-state index contributed by atoms with van der Waals surface area (Å²) in [6.07, 6.45) is 8.71. The van der Waals surface area contributed by atoms with Crippen molar-refractivity contribution in [2.75, 3.05) is 5.73 Å². The van der Waals surface area contributed by atoms with Crippen LogP contribution in [0.1, 0.15) is 99.9 Å². The van der Waals surface area contributed by atoms with E-state index in [9.17, 15) is 28.8 Å². The van der Waals surface area contributed by atoms with E-state index in [2.05, 4.69) is 39.9 Å². The number of aromatic nitrogens is 1. The van der Waals surface area contributed by atoms with Crippen LogP contribution in [0, 0.1) is 30.6 Å². The number of carbonyl (C=O) groups excluding carboxylic acids is 6. The van der Waals surface area contributed by atoms with Crippen molar-refractivity contribution in [2.24, 2.45) is 35.1 Å². The number of pyridine rings is 1. The number of rotatable bonds is 19. The van der Waals surface area contributed by atoms with E-state index >= 15 is 0 Å². The SMILES string of the molecule is CC(=O)[C@H](CCC(N)=O)NC(=O)[C@@H]1CC[C@@H](Cc2ccccc2)C1.Cc1nc(N)ccc1CCC(=O)[C@H](CCC(N)=O)NC(=O)[C@@H]1CC[C@@H](Cc2ccccc2)C1. The Labute approximate surface area is 336 Å². The third-order valence-corrected chi connectivity index (χ3v) is 11.3. The van der Waals surface area contributed by atoms with Crippen LogP contribution in [0.5, 0.6) is 0 Å². The van der Waals surface area contributed by atoms with Gasteiger partial charge >= 0.3 is 0 Å². The van der Waals surface area contributed by atoms with Gasteiger partial charge in [0, 0.05) is 36.8 Å². The van der Waals surface area contributed by atoms with Gasteiger partial charge in [-0.05, 0) is 119 Å². The average Bonchev–Trinajstić information content (AvgIpc) is 3.85. The normalized spacial score (nSPS) is 19.7. The van der Waals surface area contributed by atoms with E-state index in [1.165, 1.54) is 18.1 Å². The highest BCUT2D eigenvalue weighted by Crippen LogP contribution is 2.34. The molecule has 6 atom stereocenters. The van der Waals surface area contributed by atoms with Gasteiger partial charge in [-0.1, -0.05) is 66.7 Å². The van der Waals surface area contributed by atoms with Crippen molar-refractivity contribution < 1.29 is 28.8 Å². The van der Waals surface area contributed by atoms with E-state index in [-0.39, 0.29) is 67.3 Å². The maximum atomic E-state index is 13.0. The Kier molecular flexibility index (Phi) is 17.4. The number of ketones is 2. The summed E-state index contributed by atoms with van der Waals surface area (Å²) < 4.78 is 0. The van der Waals surface area contributed by atoms with Gasteiger partial charge in [-0.3, -0.25) is 28.8 Å². The molecular formula is C45H60N6O6. The molecule has 0 spiro atoms. The monoisotopic (exact) mass is 780 g/mol. The Balaban J connectivity index is 0.000000266. The molecule has 57 heavy (non-hydrogen) atoms. The molecule has 2 aliphatic rings. The number of nitrogens with two attached hydrogens (primary N) is 3. The van der Waals surface area contributed by atoms with Crippen molar-refractivity contribution >= 4 is 41.0 Å². The highest BCUT2D eigenvalue weighted by molar-refractivity contribution is 5.91. The maximum Gasteiger partial charge on any atom is 0.223 e. The fraction of sp³-hybridized carbons (Fsp3) is 0.489. The molecule has 2 aliphatic carbocycles. The molecule has 2 saturated carbocycles. The van der Waals surface area contributed by atoms with Gasteiger partial charge < -0.3 is 27.8 Å². The molecule has 1 aromatic heterocycles. The van der Waals surface area contributed by atoms with Gasteiger partial charge in [-0.25, -0.2) is 4.98 Å². The van der Waals surface area contributed by atoms with Gasteiger partial charge in [-0.15, -0.1) is 0 Å². The number of carbonyl (C=O) groups is 6. The van der Waals surface area contributed by atoms with E-state index in [0.29, 0.717) is 24.1 Å². The first-order valence-electron chi connectivity index (χ1n) is 20.3. The minimum absolute atomic E-state index is 0.0471. The van der Waals surface area contributed by atoms with E-state index in [4.69, 9.17) is 17.2 Å². The Morgan fingerprint density at radius 3 is 1.60 bits per heavy atom. The smallest absolute Gasteiger partial charge is 0.223 e. The van der Waals surface area contributed by atoms with Crippen LogP contribution in [0.3, 0.4) is 0 Å². The van der Waals surface area contributed by atoms with Gasteiger partial charge in [0.2, 0.25) is 23.6 Å². The second-order valence-corrected chi connectivity index (χ2v) is 15.8. The quantitative estimate of drug-likeness (QED) is 0.113. The second kappa shape index (κ2) is 22.4. The van der Waals surface area contributed by atoms with Crippen LogP contribution in [0.4, 0.5) is 5.82 Å². The summed E-state index contributed by atoms with van der Waals surface area (Å²) in [5.41, 5.74) is 20.4. The molecule has 0 saturated heterocycles. The first-order chi connectivity index (χ1) is 27.3. The summed E-state index contributed by atoms with van der Waals surface area (Å²) in [5, 5.41) is 5.73. The van der Waals surface area contributed by atoms with Gasteiger partial charge in [-0.2, -0.15) is 0 Å². The lowest BCUT2D eigenvalue weighted by Crippen LogP contribution is -2.44. The van der Waals surface area contributed by atoms with Crippen LogP contribution in [0.15, 0.2) is 72.8 Å². The topological polar surface area (TPSA) is 217 Å². The van der Waals surface area contributed by atoms with Crippen LogP contribution in [0.2, 0.25) is 0 Å². The van der Waals surface area contributed by atoms with Crippen LogP contribution in [0.25, 0.3) is 0 Å². The van der Waals surface area contributed by atoms with Crippen LogP contribution in [-0.4, -0.2) is 52.3 Å². The maximum absolute atomic E-state index is 13.0. The molecule has 0 aliphatic heterocycles. The highest BCUT2D eigenvalue weighted by atomic mass is 16.2. The third kappa shape index (κ3) is 15.2. The lowest BCUT2D eigenvalue weighted by atomic mass is 9.95. The molecule has 4 amide bonds. The molecule has 306 valence electrons. The predicted octanol–water partition coefficient (Wildman–Crippen LogP) is 4.87. The summed E-state index contributed by atoms with van der Waals surface area (Å²) in [5.74, 6) is -0.0919. The summed E-state index contributed by atoms with van der Waals surface area (Å²) in [6, 6.07) is 22.9. The third-order valence-electron chi connectivity index (χ3n) is 11.3. The number of nitrogens with one attached hydrogen (secondary N) is 2. The molecule has 2 aromatic carbocycles. The highest BCUT2D eigenvalue weighted by Gasteiger charge is 2.33. The Bertz CT molecular complexity index is 1820. The minimum Gasteiger partial charge on any atom is -0.384 e. The summed E-state index contributed by atoms with van der Waals surface area (Å²) in [4.78, 5) is 76.4. The molecule has 2 fully saturated rings. The van der Waals surface area contributed by atoms with Gasteiger partial charge in [0.25, 0.3) is 0 Å². The molecule has 12 heteroatoms. The fourth-order valence-corrected chi connectivity index (χ4v) is 8.04. The van der Waals surface area contributed by atoms with Gasteiger partial charge in [0.1, 0.15) is 5.82 Å². The Hall–Kier alpha value is -5.39. The summed E-state index contributed by atoms with van der Waals surface area (Å²) in [6.45, 7) is 3.28. The molecule has 8 N–H and O–H groups in total. The number of Topliss-reactive ketones (excluding diaryl/α,β-unsaturated/α-hetero) is 2. The van der Waals surface area contributed by atoms with E-state index in [1.54, 1.807) is 6.07 Å². The molecule has 1 heterocycles. The van der Waals surface area contributed by atoms with Crippen molar-refractivity contribution in [3.8, 4) is 0 Å². The van der Waals surface area contributed by atoms with Crippen LogP contribution in [-0.2, 0) is 48.0 Å². The lowest BCUT2D eigenvalue weighted by Gasteiger charge is -2.20. The molecule has 0 radical (unpaired) electrons. The molecule has 0 unspecified atom stereocenters. The molecule has 12 nitrogen and oxygen atoms in total. The van der Waals surface area contributed by atoms with Crippen molar-refractivity contribution in [3.63, 3.8) is 0 Å². The number of hydrogen-bond donors (Lipinski definition) is 5. The second-order valence-electron chi connectivity index (χ2n) is 15.8. The van der Waals surface area contributed by atoms with Crippen molar-refractivity contribution in [2.45, 2.75) is 116 Å². The van der Waals surface area contributed by atoms with Gasteiger partial charge in [0.05, 0.1) is 12.1 Å². The first kappa shape index (κ1) is 44.3. The number of nitrogen functional groups attached to an aromatic ring is 1. The van der Waals surface area contributed by atoms with Gasteiger partial charge in [0.15, 0.2) is 11.6 Å². The van der Waals surface area contributed by atoms with E-state index < -0.39 is 23.9 Å². The summed E-state index contributed by atoms with van der Waals surface area (Å²) in [7, 11) is 0. The largest absolute Gasteiger partial charge is 0.384 e. The zero-order valence-electron chi connectivity index (χ0n) is 33.4. The zero-order chi connectivity index (χ0) is 41.3.